The van der Waals surface area contributed by atoms with Crippen LogP contribution in [0.4, 0.5) is 5.69 Å². The van der Waals surface area contributed by atoms with E-state index in [1.165, 1.54) is 4.90 Å². The Labute approximate surface area is 105 Å². The maximum Gasteiger partial charge on any atom is 0.316 e. The molecule has 0 spiro atoms. The molecular formula is C13H15NO4. The molecule has 0 aliphatic carbocycles. The van der Waals surface area contributed by atoms with Crippen LogP contribution in [0.2, 0.25) is 0 Å². The van der Waals surface area contributed by atoms with E-state index >= 15 is 0 Å². The standard InChI is InChI=1S/C13H15NO4/c1-18-8-9-3-2-4-10(7-9)14-6-5-11(12(14)15)13(16)17/h2-4,7,11H,5-6,8H2,1H3,(H,16,17). The van der Waals surface area contributed by atoms with E-state index in [-0.39, 0.29) is 5.91 Å². The van der Waals surface area contributed by atoms with Crippen LogP contribution in [0, 0.1) is 5.92 Å². The Kier molecular flexibility index (Phi) is 3.62. The molecule has 0 aromatic heterocycles. The molecule has 5 heteroatoms. The summed E-state index contributed by atoms with van der Waals surface area (Å²) in [5, 5.41) is 8.92. The van der Waals surface area contributed by atoms with Gasteiger partial charge in [-0.25, -0.2) is 0 Å². The second-order valence-electron chi connectivity index (χ2n) is 4.27. The van der Waals surface area contributed by atoms with Crippen LogP contribution in [-0.4, -0.2) is 30.6 Å². The van der Waals surface area contributed by atoms with Crippen LogP contribution < -0.4 is 4.90 Å². The quantitative estimate of drug-likeness (QED) is 0.816. The van der Waals surface area contributed by atoms with Gasteiger partial charge in [-0.3, -0.25) is 9.59 Å². The van der Waals surface area contributed by atoms with Gasteiger partial charge in [-0.15, -0.1) is 0 Å². The van der Waals surface area contributed by atoms with Gasteiger partial charge in [-0.05, 0) is 24.1 Å². The topological polar surface area (TPSA) is 66.8 Å². The highest BCUT2D eigenvalue weighted by Crippen LogP contribution is 2.26. The number of ether oxygens (including phenoxy) is 1. The molecule has 0 bridgehead atoms. The van der Waals surface area contributed by atoms with Gasteiger partial charge in [0, 0.05) is 19.3 Å². The van der Waals surface area contributed by atoms with Gasteiger partial charge in [-0.1, -0.05) is 12.1 Å². The summed E-state index contributed by atoms with van der Waals surface area (Å²) in [5.74, 6) is -2.29. The Morgan fingerprint density at radius 3 is 2.94 bits per heavy atom. The first-order valence-electron chi connectivity index (χ1n) is 5.75. The SMILES string of the molecule is COCc1cccc(N2CCC(C(=O)O)C2=O)c1. The normalized spacial score (nSPS) is 19.3. The van der Waals surface area contributed by atoms with Crippen LogP contribution in [-0.2, 0) is 20.9 Å². The zero-order valence-corrected chi connectivity index (χ0v) is 10.1. The van der Waals surface area contributed by atoms with Gasteiger partial charge >= 0.3 is 5.97 Å². The third-order valence-electron chi connectivity index (χ3n) is 3.04. The number of benzene rings is 1. The van der Waals surface area contributed by atoms with Gasteiger partial charge < -0.3 is 14.7 Å². The molecule has 1 aliphatic rings. The van der Waals surface area contributed by atoms with E-state index in [9.17, 15) is 9.59 Å². The van der Waals surface area contributed by atoms with E-state index in [0.717, 1.165) is 11.3 Å². The highest BCUT2D eigenvalue weighted by atomic mass is 16.5. The molecule has 0 saturated carbocycles. The Morgan fingerprint density at radius 2 is 2.33 bits per heavy atom. The first-order chi connectivity index (χ1) is 8.63. The van der Waals surface area contributed by atoms with Crippen LogP contribution in [0.25, 0.3) is 0 Å². The summed E-state index contributed by atoms with van der Waals surface area (Å²) in [7, 11) is 1.61. The number of amides is 1. The lowest BCUT2D eigenvalue weighted by molar-refractivity contribution is -0.144. The summed E-state index contributed by atoms with van der Waals surface area (Å²) in [4.78, 5) is 24.3. The van der Waals surface area contributed by atoms with Crippen molar-refractivity contribution in [2.45, 2.75) is 13.0 Å². The van der Waals surface area contributed by atoms with Crippen LogP contribution in [0.3, 0.4) is 0 Å². The number of rotatable bonds is 4. The minimum Gasteiger partial charge on any atom is -0.481 e. The average Bonchev–Trinajstić information content (AvgIpc) is 2.72. The second kappa shape index (κ2) is 5.18. The largest absolute Gasteiger partial charge is 0.481 e. The molecule has 1 N–H and O–H groups in total. The number of methoxy groups -OCH3 is 1. The van der Waals surface area contributed by atoms with Crippen molar-refractivity contribution in [1.82, 2.24) is 0 Å². The van der Waals surface area contributed by atoms with E-state index in [2.05, 4.69) is 0 Å². The van der Waals surface area contributed by atoms with Crippen molar-refractivity contribution in [3.05, 3.63) is 29.8 Å². The first-order valence-corrected chi connectivity index (χ1v) is 5.75. The molecule has 96 valence electrons. The number of carbonyl (C=O) groups is 2. The van der Waals surface area contributed by atoms with Crippen molar-refractivity contribution in [2.24, 2.45) is 5.92 Å². The zero-order chi connectivity index (χ0) is 13.1. The Balaban J connectivity index is 2.20. The lowest BCUT2D eigenvalue weighted by Crippen LogP contribution is -2.30. The second-order valence-corrected chi connectivity index (χ2v) is 4.27. The molecule has 1 aromatic rings. The third-order valence-corrected chi connectivity index (χ3v) is 3.04. The number of carboxylic acid groups (broad SMARTS) is 1. The van der Waals surface area contributed by atoms with Crippen molar-refractivity contribution in [2.75, 3.05) is 18.6 Å². The molecule has 2 rings (SSSR count). The number of carboxylic acids is 1. The lowest BCUT2D eigenvalue weighted by atomic mass is 10.1. The Morgan fingerprint density at radius 1 is 1.56 bits per heavy atom. The number of nitrogens with zero attached hydrogens (tertiary/aromatic N) is 1. The van der Waals surface area contributed by atoms with E-state index in [4.69, 9.17) is 9.84 Å². The fourth-order valence-corrected chi connectivity index (χ4v) is 2.15. The molecule has 1 amide bonds. The molecule has 18 heavy (non-hydrogen) atoms. The van der Waals surface area contributed by atoms with Crippen LogP contribution in [0.1, 0.15) is 12.0 Å². The van der Waals surface area contributed by atoms with Crippen molar-refractivity contribution in [3.63, 3.8) is 0 Å². The molecule has 1 aromatic carbocycles. The minimum atomic E-state index is -1.05. The van der Waals surface area contributed by atoms with E-state index < -0.39 is 11.9 Å². The fourth-order valence-electron chi connectivity index (χ4n) is 2.15. The Bertz CT molecular complexity index is 472. The van der Waals surface area contributed by atoms with E-state index in [1.807, 2.05) is 18.2 Å². The average molecular weight is 249 g/mol. The first kappa shape index (κ1) is 12.6. The van der Waals surface area contributed by atoms with Crippen molar-refractivity contribution >= 4 is 17.6 Å². The fraction of sp³-hybridized carbons (Fsp3) is 0.385. The number of aliphatic carboxylic acids is 1. The smallest absolute Gasteiger partial charge is 0.316 e. The lowest BCUT2D eigenvalue weighted by Gasteiger charge is -2.17. The summed E-state index contributed by atoms with van der Waals surface area (Å²) in [6.45, 7) is 0.921. The molecule has 1 unspecified atom stereocenters. The molecule has 1 saturated heterocycles. The maximum atomic E-state index is 11.9. The predicted octanol–water partition coefficient (Wildman–Crippen LogP) is 1.27. The number of anilines is 1. The van der Waals surface area contributed by atoms with Crippen molar-refractivity contribution < 1.29 is 19.4 Å². The summed E-state index contributed by atoms with van der Waals surface area (Å²) < 4.78 is 5.03. The molecule has 5 nitrogen and oxygen atoms in total. The molecule has 0 radical (unpaired) electrons. The van der Waals surface area contributed by atoms with Crippen LogP contribution >= 0.6 is 0 Å². The van der Waals surface area contributed by atoms with Crippen LogP contribution in [0.5, 0.6) is 0 Å². The van der Waals surface area contributed by atoms with Gasteiger partial charge in [0.2, 0.25) is 5.91 Å². The zero-order valence-electron chi connectivity index (χ0n) is 10.1. The molecule has 1 atom stereocenters. The summed E-state index contributed by atoms with van der Waals surface area (Å²) in [5.41, 5.74) is 1.69. The van der Waals surface area contributed by atoms with Gasteiger partial charge in [0.15, 0.2) is 0 Å². The van der Waals surface area contributed by atoms with Gasteiger partial charge in [0.05, 0.1) is 6.61 Å². The van der Waals surface area contributed by atoms with Gasteiger partial charge in [-0.2, -0.15) is 0 Å². The summed E-state index contributed by atoms with van der Waals surface area (Å²) in [6, 6.07) is 7.40. The van der Waals surface area contributed by atoms with Crippen molar-refractivity contribution in [1.29, 1.82) is 0 Å². The van der Waals surface area contributed by atoms with Gasteiger partial charge in [0.25, 0.3) is 0 Å². The Hall–Kier alpha value is -1.88. The summed E-state index contributed by atoms with van der Waals surface area (Å²) >= 11 is 0. The number of hydrogen-bond acceptors (Lipinski definition) is 3. The third kappa shape index (κ3) is 2.36. The monoisotopic (exact) mass is 249 g/mol. The molecular weight excluding hydrogens is 234 g/mol. The van der Waals surface area contributed by atoms with E-state index in [1.54, 1.807) is 13.2 Å². The minimum absolute atomic E-state index is 0.336. The maximum absolute atomic E-state index is 11.9. The number of carbonyl (C=O) groups excluding carboxylic acids is 1. The highest BCUT2D eigenvalue weighted by Gasteiger charge is 2.37. The van der Waals surface area contributed by atoms with Gasteiger partial charge in [0.1, 0.15) is 5.92 Å². The van der Waals surface area contributed by atoms with E-state index in [0.29, 0.717) is 19.6 Å². The highest BCUT2D eigenvalue weighted by molar-refractivity contribution is 6.07. The number of hydrogen-bond donors (Lipinski definition) is 1. The molecule has 1 heterocycles. The molecule has 1 aliphatic heterocycles. The summed E-state index contributed by atoms with van der Waals surface area (Å²) in [6.07, 6.45) is 0.364. The van der Waals surface area contributed by atoms with Crippen LogP contribution in [0.15, 0.2) is 24.3 Å². The predicted molar refractivity (Wildman–Crippen MR) is 65.3 cm³/mol. The van der Waals surface area contributed by atoms with Crippen molar-refractivity contribution in [3.8, 4) is 0 Å². The molecule has 1 fully saturated rings.